The first kappa shape index (κ1) is 12.7. The number of rotatable bonds is 3. The molecule has 0 bridgehead atoms. The van der Waals surface area contributed by atoms with Crippen LogP contribution >= 0.6 is 0 Å². The van der Waals surface area contributed by atoms with Crippen molar-refractivity contribution < 1.29 is 4.79 Å². The van der Waals surface area contributed by atoms with Crippen LogP contribution in [0, 0.1) is 6.92 Å². The highest BCUT2D eigenvalue weighted by Gasteiger charge is 2.14. The molecule has 0 spiro atoms. The lowest BCUT2D eigenvalue weighted by Gasteiger charge is -2.04. The molecule has 2 nitrogen and oxygen atoms in total. The minimum absolute atomic E-state index is 0.177. The van der Waals surface area contributed by atoms with Gasteiger partial charge in [-0.25, -0.2) is 0 Å². The van der Waals surface area contributed by atoms with Crippen LogP contribution in [0.1, 0.15) is 21.5 Å². The minimum atomic E-state index is 0.177. The van der Waals surface area contributed by atoms with Crippen molar-refractivity contribution in [3.05, 3.63) is 71.4 Å². The highest BCUT2D eigenvalue weighted by Crippen LogP contribution is 2.22. The first-order valence-electron chi connectivity index (χ1n) is 6.78. The van der Waals surface area contributed by atoms with Crippen LogP contribution in [0.5, 0.6) is 0 Å². The van der Waals surface area contributed by atoms with Gasteiger partial charge in [0.2, 0.25) is 0 Å². The maximum Gasteiger partial charge on any atom is 0.169 e. The second kappa shape index (κ2) is 4.97. The molecule has 0 aliphatic heterocycles. The number of carbonyl (C=O) groups excluding carboxylic acids is 1. The van der Waals surface area contributed by atoms with Gasteiger partial charge in [-0.3, -0.25) is 4.79 Å². The van der Waals surface area contributed by atoms with E-state index in [1.807, 2.05) is 73.3 Å². The van der Waals surface area contributed by atoms with E-state index in [1.54, 1.807) is 0 Å². The Morgan fingerprint density at radius 1 is 1.05 bits per heavy atom. The minimum Gasteiger partial charge on any atom is -0.350 e. The topological polar surface area (TPSA) is 22.0 Å². The maximum atomic E-state index is 12.6. The van der Waals surface area contributed by atoms with E-state index in [0.29, 0.717) is 6.42 Å². The van der Waals surface area contributed by atoms with Crippen LogP contribution in [0.4, 0.5) is 0 Å². The van der Waals surface area contributed by atoms with Crippen molar-refractivity contribution >= 4 is 16.7 Å². The van der Waals surface area contributed by atoms with Crippen molar-refractivity contribution in [2.75, 3.05) is 0 Å². The maximum absolute atomic E-state index is 12.6. The van der Waals surface area contributed by atoms with Crippen LogP contribution in [0.25, 0.3) is 10.9 Å². The highest BCUT2D eigenvalue weighted by atomic mass is 16.1. The summed E-state index contributed by atoms with van der Waals surface area (Å²) < 4.78 is 2.01. The van der Waals surface area contributed by atoms with Gasteiger partial charge in [0.05, 0.1) is 0 Å². The second-order valence-electron chi connectivity index (χ2n) is 5.20. The van der Waals surface area contributed by atoms with Crippen molar-refractivity contribution in [2.45, 2.75) is 13.3 Å². The van der Waals surface area contributed by atoms with Gasteiger partial charge >= 0.3 is 0 Å². The molecule has 0 N–H and O–H groups in total. The van der Waals surface area contributed by atoms with Crippen LogP contribution in [-0.2, 0) is 13.5 Å². The SMILES string of the molecule is Cc1ccccc1CC(=O)c1cn(C)c2ccccc12. The second-order valence-corrected chi connectivity index (χ2v) is 5.20. The van der Waals surface area contributed by atoms with Gasteiger partial charge in [0, 0.05) is 36.1 Å². The van der Waals surface area contributed by atoms with Crippen molar-refractivity contribution in [3.8, 4) is 0 Å². The number of benzene rings is 2. The third-order valence-electron chi connectivity index (χ3n) is 3.81. The summed E-state index contributed by atoms with van der Waals surface area (Å²) in [7, 11) is 1.98. The molecule has 0 saturated carbocycles. The van der Waals surface area contributed by atoms with E-state index in [0.717, 1.165) is 22.0 Å². The van der Waals surface area contributed by atoms with Crippen molar-refractivity contribution in [1.82, 2.24) is 4.57 Å². The van der Waals surface area contributed by atoms with E-state index >= 15 is 0 Å². The third-order valence-corrected chi connectivity index (χ3v) is 3.81. The number of hydrogen-bond donors (Lipinski definition) is 0. The zero-order valence-corrected chi connectivity index (χ0v) is 11.8. The molecule has 1 heterocycles. The Morgan fingerprint density at radius 2 is 1.75 bits per heavy atom. The molecule has 0 aliphatic carbocycles. The first-order chi connectivity index (χ1) is 9.66. The highest BCUT2D eigenvalue weighted by molar-refractivity contribution is 6.08. The summed E-state index contributed by atoms with van der Waals surface area (Å²) in [5.74, 6) is 0.177. The molecule has 0 amide bonds. The van der Waals surface area contributed by atoms with Crippen molar-refractivity contribution in [3.63, 3.8) is 0 Å². The monoisotopic (exact) mass is 263 g/mol. The third kappa shape index (κ3) is 2.14. The summed E-state index contributed by atoms with van der Waals surface area (Å²) in [4.78, 5) is 12.6. The zero-order valence-electron chi connectivity index (χ0n) is 11.8. The van der Waals surface area contributed by atoms with Crippen LogP contribution < -0.4 is 0 Å². The Balaban J connectivity index is 2.00. The van der Waals surface area contributed by atoms with E-state index in [9.17, 15) is 4.79 Å². The molecule has 0 fully saturated rings. The number of aryl methyl sites for hydroxylation is 2. The lowest BCUT2D eigenvalue weighted by molar-refractivity contribution is 0.0994. The van der Waals surface area contributed by atoms with Gasteiger partial charge in [-0.2, -0.15) is 0 Å². The van der Waals surface area contributed by atoms with E-state index in [2.05, 4.69) is 0 Å². The lowest BCUT2D eigenvalue weighted by atomic mass is 9.99. The van der Waals surface area contributed by atoms with Crippen LogP contribution in [0.3, 0.4) is 0 Å². The summed E-state index contributed by atoms with van der Waals surface area (Å²) in [5.41, 5.74) is 4.18. The number of Topliss-reactive ketones (excluding diaryl/α,β-unsaturated/α-hetero) is 1. The predicted octanol–water partition coefficient (Wildman–Crippen LogP) is 3.91. The number of nitrogens with zero attached hydrogens (tertiary/aromatic N) is 1. The van der Waals surface area contributed by atoms with Gasteiger partial charge in [-0.05, 0) is 24.1 Å². The smallest absolute Gasteiger partial charge is 0.169 e. The Morgan fingerprint density at radius 3 is 2.55 bits per heavy atom. The molecule has 0 radical (unpaired) electrons. The van der Waals surface area contributed by atoms with E-state index in [1.165, 1.54) is 5.56 Å². The quantitative estimate of drug-likeness (QED) is 0.657. The van der Waals surface area contributed by atoms with Gasteiger partial charge in [0.25, 0.3) is 0 Å². The van der Waals surface area contributed by atoms with Crippen molar-refractivity contribution in [2.24, 2.45) is 7.05 Å². The molecule has 0 aliphatic rings. The van der Waals surface area contributed by atoms with Crippen LogP contribution in [0.15, 0.2) is 54.7 Å². The van der Waals surface area contributed by atoms with Gasteiger partial charge in [0.15, 0.2) is 5.78 Å². The number of carbonyl (C=O) groups is 1. The molecule has 3 rings (SSSR count). The fraction of sp³-hybridized carbons (Fsp3) is 0.167. The number of aromatic nitrogens is 1. The number of hydrogen-bond acceptors (Lipinski definition) is 1. The standard InChI is InChI=1S/C18H17NO/c1-13-7-3-4-8-14(13)11-18(20)16-12-19(2)17-10-6-5-9-15(16)17/h3-10,12H,11H2,1-2H3. The molecule has 100 valence electrons. The summed E-state index contributed by atoms with van der Waals surface area (Å²) in [6.45, 7) is 2.05. The fourth-order valence-corrected chi connectivity index (χ4v) is 2.64. The lowest BCUT2D eigenvalue weighted by Crippen LogP contribution is -2.04. The molecule has 2 heteroatoms. The largest absolute Gasteiger partial charge is 0.350 e. The molecule has 20 heavy (non-hydrogen) atoms. The molecule has 0 atom stereocenters. The molecule has 2 aromatic carbocycles. The first-order valence-corrected chi connectivity index (χ1v) is 6.78. The zero-order chi connectivity index (χ0) is 14.1. The van der Waals surface area contributed by atoms with E-state index in [-0.39, 0.29) is 5.78 Å². The summed E-state index contributed by atoms with van der Waals surface area (Å²) in [6, 6.07) is 16.1. The van der Waals surface area contributed by atoms with Gasteiger partial charge < -0.3 is 4.57 Å². The molecule has 1 aromatic heterocycles. The Labute approximate surface area is 118 Å². The number of fused-ring (bicyclic) bond motifs is 1. The summed E-state index contributed by atoms with van der Waals surface area (Å²) in [6.07, 6.45) is 2.39. The Kier molecular flexibility index (Phi) is 3.15. The molecule has 0 unspecified atom stereocenters. The summed E-state index contributed by atoms with van der Waals surface area (Å²) >= 11 is 0. The fourth-order valence-electron chi connectivity index (χ4n) is 2.64. The summed E-state index contributed by atoms with van der Waals surface area (Å²) in [5, 5.41) is 1.04. The average molecular weight is 263 g/mol. The molecular formula is C18H17NO. The number of para-hydroxylation sites is 1. The van der Waals surface area contributed by atoms with E-state index in [4.69, 9.17) is 0 Å². The van der Waals surface area contributed by atoms with Crippen LogP contribution in [-0.4, -0.2) is 10.4 Å². The van der Waals surface area contributed by atoms with Gasteiger partial charge in [0.1, 0.15) is 0 Å². The van der Waals surface area contributed by atoms with Gasteiger partial charge in [-0.15, -0.1) is 0 Å². The number of ketones is 1. The van der Waals surface area contributed by atoms with Crippen molar-refractivity contribution in [1.29, 1.82) is 0 Å². The van der Waals surface area contributed by atoms with Crippen LogP contribution in [0.2, 0.25) is 0 Å². The molecule has 3 aromatic rings. The Bertz CT molecular complexity index is 783. The predicted molar refractivity (Wildman–Crippen MR) is 82.1 cm³/mol. The van der Waals surface area contributed by atoms with E-state index < -0.39 is 0 Å². The molecule has 0 saturated heterocycles. The molecular weight excluding hydrogens is 246 g/mol. The average Bonchev–Trinajstić information content (AvgIpc) is 2.79. The Hall–Kier alpha value is -2.35. The normalized spacial score (nSPS) is 10.9. The van der Waals surface area contributed by atoms with Gasteiger partial charge in [-0.1, -0.05) is 42.5 Å².